The molecule has 2 aromatic carbocycles. The molecular formula is C59H92N8O11. The zero-order valence-corrected chi connectivity index (χ0v) is 49.4. The molecule has 7 N–H and O–H groups in total. The Hall–Kier alpha value is -5.99. The molecule has 1 aromatic heterocycles. The largest absolute Gasteiger partial charge is 0.457 e. The van der Waals surface area contributed by atoms with E-state index in [2.05, 4.69) is 37.0 Å². The molecule has 3 rings (SSSR count). The lowest BCUT2D eigenvalue weighted by atomic mass is 9.84. The highest BCUT2D eigenvalue weighted by Crippen LogP contribution is 2.27. The second kappa shape index (κ2) is 29.3. The molecule has 0 aliphatic rings. The Morgan fingerprint density at radius 1 is 0.692 bits per heavy atom. The molecule has 0 aliphatic carbocycles. The maximum absolute atomic E-state index is 15.0. The van der Waals surface area contributed by atoms with Crippen LogP contribution in [0.4, 0.5) is 4.79 Å². The van der Waals surface area contributed by atoms with Gasteiger partial charge in [-0.2, -0.15) is 0 Å². The van der Waals surface area contributed by atoms with E-state index in [0.29, 0.717) is 6.61 Å². The van der Waals surface area contributed by atoms with E-state index in [0.717, 1.165) is 22.4 Å². The number of aliphatic hydroxyl groups excluding tert-OH is 1. The highest BCUT2D eigenvalue weighted by Gasteiger charge is 2.40. The van der Waals surface area contributed by atoms with E-state index >= 15 is 4.79 Å². The predicted molar refractivity (Wildman–Crippen MR) is 301 cm³/mol. The van der Waals surface area contributed by atoms with Crippen LogP contribution >= 0.6 is 0 Å². The summed E-state index contributed by atoms with van der Waals surface area (Å²) in [5.41, 5.74) is 2.62. The number of esters is 1. The second-order valence-corrected chi connectivity index (χ2v) is 25.3. The summed E-state index contributed by atoms with van der Waals surface area (Å²) in [5.74, 6) is -3.05. The quantitative estimate of drug-likeness (QED) is 0.0232. The minimum atomic E-state index is -1.50. The third-order valence-corrected chi connectivity index (χ3v) is 12.1. The summed E-state index contributed by atoms with van der Waals surface area (Å²) in [5, 5.41) is 26.5. The summed E-state index contributed by atoms with van der Waals surface area (Å²) < 4.78 is 23.0. The summed E-state index contributed by atoms with van der Waals surface area (Å²) in [7, 11) is 1.20. The number of nitrogens with one attached hydrogen (secondary N) is 6. The van der Waals surface area contributed by atoms with Crippen molar-refractivity contribution < 1.29 is 52.8 Å². The fraction of sp³-hybridized carbons (Fsp3) is 0.610. The summed E-state index contributed by atoms with van der Waals surface area (Å²) in [6.07, 6.45) is -1.48. The van der Waals surface area contributed by atoms with Gasteiger partial charge in [0.15, 0.2) is 0 Å². The van der Waals surface area contributed by atoms with Gasteiger partial charge in [-0.25, -0.2) is 9.80 Å². The zero-order chi connectivity index (χ0) is 58.8. The average molecular weight is 1090 g/mol. The maximum Gasteiger partial charge on any atom is 0.407 e. The van der Waals surface area contributed by atoms with Crippen LogP contribution in [-0.4, -0.2) is 125 Å². The minimum Gasteiger partial charge on any atom is -0.457 e. The minimum absolute atomic E-state index is 0.00226. The molecule has 0 saturated carbocycles. The monoisotopic (exact) mass is 1090 g/mol. The molecule has 6 atom stereocenters. The molecule has 78 heavy (non-hydrogen) atoms. The van der Waals surface area contributed by atoms with E-state index < -0.39 is 100 Å². The molecule has 0 spiro atoms. The van der Waals surface area contributed by atoms with E-state index in [1.807, 2.05) is 142 Å². The van der Waals surface area contributed by atoms with Crippen molar-refractivity contribution in [2.24, 2.45) is 22.2 Å². The van der Waals surface area contributed by atoms with Gasteiger partial charge in [0.2, 0.25) is 24.1 Å². The molecule has 19 nitrogen and oxygen atoms in total. The fourth-order valence-corrected chi connectivity index (χ4v) is 8.17. The lowest BCUT2D eigenvalue weighted by Crippen LogP contribution is -2.61. The molecule has 0 aliphatic heterocycles. The van der Waals surface area contributed by atoms with Crippen molar-refractivity contribution in [3.63, 3.8) is 0 Å². The molecule has 0 radical (unpaired) electrons. The number of nitrogens with zero attached hydrogens (tertiary/aromatic N) is 2. The van der Waals surface area contributed by atoms with Gasteiger partial charge in [0.05, 0.1) is 49.2 Å². The Kier molecular flexibility index (Phi) is 24.9. The number of aliphatic hydroxyl groups is 1. The van der Waals surface area contributed by atoms with Crippen LogP contribution in [0.25, 0.3) is 11.3 Å². The number of rotatable bonds is 27. The number of carbonyl (C=O) groups excluding carboxylic acids is 6. The van der Waals surface area contributed by atoms with E-state index in [9.17, 15) is 29.1 Å². The zero-order valence-electron chi connectivity index (χ0n) is 49.4. The summed E-state index contributed by atoms with van der Waals surface area (Å²) >= 11 is 0. The number of hydrogen-bond donors (Lipinski definition) is 7. The van der Waals surface area contributed by atoms with E-state index in [4.69, 9.17) is 18.9 Å². The Morgan fingerprint density at radius 2 is 1.29 bits per heavy atom. The molecule has 1 heterocycles. The van der Waals surface area contributed by atoms with Gasteiger partial charge in [-0.05, 0) is 99.8 Å². The summed E-state index contributed by atoms with van der Waals surface area (Å²) in [6.45, 7) is 29.0. The summed E-state index contributed by atoms with van der Waals surface area (Å²) in [6, 6.07) is 18.1. The van der Waals surface area contributed by atoms with E-state index in [1.54, 1.807) is 52.7 Å². The smallest absolute Gasteiger partial charge is 0.407 e. The number of methoxy groups -OCH3 is 1. The molecule has 0 saturated heterocycles. The van der Waals surface area contributed by atoms with Gasteiger partial charge in [0.1, 0.15) is 24.7 Å². The first kappa shape index (κ1) is 66.3. The topological polar surface area (TPSA) is 248 Å². The Balaban J connectivity index is 2.20. The van der Waals surface area contributed by atoms with Crippen LogP contribution in [-0.2, 0) is 55.9 Å². The van der Waals surface area contributed by atoms with Gasteiger partial charge in [-0.3, -0.25) is 39.7 Å². The van der Waals surface area contributed by atoms with Crippen molar-refractivity contribution in [1.82, 2.24) is 42.0 Å². The SMILES string of the molecule is COC(=O)NC(C(=O)NN(Cc1ccc(-c2ccccn2)cc1)CC(OC(=O)CNC(=O)C(CC(C)C)NC(O)OC(C)(C)C)C(Cc1ccccc1)NC(=O)C(NC(=O)CC(C)(C)COC(C)(C)C)C(C)(C)C)C(C)(C)C. The van der Waals surface area contributed by atoms with Crippen LogP contribution in [0.15, 0.2) is 79.0 Å². The summed E-state index contributed by atoms with van der Waals surface area (Å²) in [4.78, 5) is 88.9. The highest BCUT2D eigenvalue weighted by molar-refractivity contribution is 5.89. The molecule has 0 fully saturated rings. The average Bonchev–Trinajstić information content (AvgIpc) is 3.31. The molecule has 434 valence electrons. The van der Waals surface area contributed by atoms with Gasteiger partial charge in [-0.15, -0.1) is 0 Å². The Morgan fingerprint density at radius 3 is 1.83 bits per heavy atom. The number of alkyl carbamates (subject to hydrolysis) is 1. The maximum atomic E-state index is 15.0. The molecule has 19 heteroatoms. The van der Waals surface area contributed by atoms with E-state index in [-0.39, 0.29) is 44.2 Å². The number of hydrazine groups is 1. The highest BCUT2D eigenvalue weighted by atomic mass is 16.6. The Labute approximate surface area is 463 Å². The number of aromatic nitrogens is 1. The predicted octanol–water partition coefficient (Wildman–Crippen LogP) is 6.97. The van der Waals surface area contributed by atoms with Crippen LogP contribution in [0, 0.1) is 22.2 Å². The standard InChI is InChI=1S/C59H92N8O11/c1-38(2)31-44(63-54(74)78-58(12,13)14)50(70)61-34-47(69)77-45(36-67(66-52(72)49(56(6,7)8)65-53(73)75-17)35-40-26-28-41(29-27-40)42-25-21-22-30-60-42)43(32-39-23-19-18-20-24-39)62-51(71)48(55(3,4)5)64-46(68)33-59(15,16)37-76-57(9,10)11/h18-30,38,43-45,48-49,54,63,74H,31-37H2,1-17H3,(H,61,70)(H,62,71)(H,64,68)(H,65,73)(H,66,72). The van der Waals surface area contributed by atoms with Crippen LogP contribution in [0.5, 0.6) is 0 Å². The second-order valence-electron chi connectivity index (χ2n) is 25.3. The van der Waals surface area contributed by atoms with Gasteiger partial charge in [0.25, 0.3) is 5.91 Å². The molecule has 6 unspecified atom stereocenters. The van der Waals surface area contributed by atoms with Crippen molar-refractivity contribution in [2.75, 3.05) is 26.8 Å². The first-order valence-corrected chi connectivity index (χ1v) is 26.8. The van der Waals surface area contributed by atoms with E-state index in [1.165, 1.54) is 7.11 Å². The van der Waals surface area contributed by atoms with Gasteiger partial charge in [0, 0.05) is 24.7 Å². The number of carbonyl (C=O) groups is 6. The fourth-order valence-electron chi connectivity index (χ4n) is 8.17. The van der Waals surface area contributed by atoms with Crippen LogP contribution in [0.3, 0.4) is 0 Å². The van der Waals surface area contributed by atoms with Crippen molar-refractivity contribution in [3.8, 4) is 11.3 Å². The van der Waals surface area contributed by atoms with Crippen molar-refractivity contribution in [1.29, 1.82) is 0 Å². The van der Waals surface area contributed by atoms with Crippen molar-refractivity contribution >= 4 is 35.7 Å². The molecule has 3 aromatic rings. The third-order valence-electron chi connectivity index (χ3n) is 12.1. The van der Waals surface area contributed by atoms with Gasteiger partial charge < -0.3 is 45.3 Å². The normalized spacial score (nSPS) is 14.8. The van der Waals surface area contributed by atoms with Gasteiger partial charge in [-0.1, -0.05) is 130 Å². The van der Waals surface area contributed by atoms with Gasteiger partial charge >= 0.3 is 12.1 Å². The first-order chi connectivity index (χ1) is 36.0. The lowest BCUT2D eigenvalue weighted by molar-refractivity contribution is -0.187. The number of amides is 5. The molecular weight excluding hydrogens is 997 g/mol. The Bertz CT molecular complexity index is 2380. The lowest BCUT2D eigenvalue weighted by Gasteiger charge is -2.37. The molecule has 5 amide bonds. The van der Waals surface area contributed by atoms with Crippen LogP contribution in [0.1, 0.15) is 135 Å². The number of ether oxygens (including phenoxy) is 4. The first-order valence-electron chi connectivity index (χ1n) is 26.8. The third kappa shape index (κ3) is 24.8. The number of hydrogen-bond acceptors (Lipinski definition) is 14. The molecule has 0 bridgehead atoms. The number of benzene rings is 2. The van der Waals surface area contributed by atoms with Crippen molar-refractivity contribution in [3.05, 3.63) is 90.1 Å². The van der Waals surface area contributed by atoms with Crippen LogP contribution in [0.2, 0.25) is 0 Å². The van der Waals surface area contributed by atoms with Crippen LogP contribution < -0.4 is 32.0 Å². The van der Waals surface area contributed by atoms with Crippen molar-refractivity contribution in [2.45, 2.75) is 184 Å². The number of pyridine rings is 1.